The number of hydrogen-bond donors (Lipinski definition) is 2. The third kappa shape index (κ3) is 4.54. The van der Waals surface area contributed by atoms with Crippen molar-refractivity contribution in [3.8, 4) is 0 Å². The molecule has 0 radical (unpaired) electrons. The van der Waals surface area contributed by atoms with Crippen molar-refractivity contribution >= 4 is 28.9 Å². The van der Waals surface area contributed by atoms with Gasteiger partial charge < -0.3 is 10.6 Å². The first kappa shape index (κ1) is 14.9. The highest BCUT2D eigenvalue weighted by molar-refractivity contribution is 7.11. The van der Waals surface area contributed by atoms with Crippen LogP contribution in [-0.2, 0) is 13.1 Å². The van der Waals surface area contributed by atoms with Crippen molar-refractivity contribution in [1.82, 2.24) is 10.6 Å². The zero-order valence-electron chi connectivity index (χ0n) is 11.6. The molecule has 0 amide bonds. The lowest BCUT2D eigenvalue weighted by molar-refractivity contribution is 0.815. The van der Waals surface area contributed by atoms with Gasteiger partial charge in [0.2, 0.25) is 0 Å². The molecule has 0 unspecified atom stereocenters. The molecular formula is C15H18ClN3S. The minimum Gasteiger partial charge on any atom is -0.352 e. The van der Waals surface area contributed by atoms with Crippen molar-refractivity contribution in [2.24, 2.45) is 4.99 Å². The van der Waals surface area contributed by atoms with Gasteiger partial charge in [-0.05, 0) is 36.8 Å². The summed E-state index contributed by atoms with van der Waals surface area (Å²) in [6.07, 6.45) is 0. The molecule has 106 valence electrons. The topological polar surface area (TPSA) is 36.4 Å². The van der Waals surface area contributed by atoms with Crippen molar-refractivity contribution in [3.05, 3.63) is 56.7 Å². The normalized spacial score (nSPS) is 11.4. The Kier molecular flexibility index (Phi) is 5.44. The lowest BCUT2D eigenvalue weighted by Gasteiger charge is -2.11. The van der Waals surface area contributed by atoms with Gasteiger partial charge in [0.05, 0.1) is 6.54 Å². The van der Waals surface area contributed by atoms with Crippen LogP contribution in [0.1, 0.15) is 15.3 Å². The summed E-state index contributed by atoms with van der Waals surface area (Å²) < 4.78 is 0. The molecule has 0 aliphatic heterocycles. The van der Waals surface area contributed by atoms with Gasteiger partial charge in [0, 0.05) is 28.4 Å². The van der Waals surface area contributed by atoms with Gasteiger partial charge in [-0.1, -0.05) is 23.7 Å². The number of guanidine groups is 1. The number of halogens is 1. The number of thiophene rings is 1. The first-order valence-electron chi connectivity index (χ1n) is 6.41. The van der Waals surface area contributed by atoms with Gasteiger partial charge in [-0.25, -0.2) is 0 Å². The molecule has 0 aliphatic carbocycles. The van der Waals surface area contributed by atoms with E-state index in [0.29, 0.717) is 6.54 Å². The SMILES string of the molecule is CN=C(NCc1cccc(Cl)c1)NCc1ccc(C)s1. The minimum absolute atomic E-state index is 0.698. The van der Waals surface area contributed by atoms with E-state index in [-0.39, 0.29) is 0 Å². The van der Waals surface area contributed by atoms with Crippen LogP contribution in [-0.4, -0.2) is 13.0 Å². The fourth-order valence-electron chi connectivity index (χ4n) is 1.80. The van der Waals surface area contributed by atoms with Crippen molar-refractivity contribution in [3.63, 3.8) is 0 Å². The predicted octanol–water partition coefficient (Wildman–Crippen LogP) is 3.58. The molecular weight excluding hydrogens is 290 g/mol. The van der Waals surface area contributed by atoms with Crippen molar-refractivity contribution in [2.75, 3.05) is 7.05 Å². The summed E-state index contributed by atoms with van der Waals surface area (Å²) >= 11 is 7.76. The molecule has 0 bridgehead atoms. The highest BCUT2D eigenvalue weighted by Crippen LogP contribution is 2.14. The summed E-state index contributed by atoms with van der Waals surface area (Å²) in [7, 11) is 1.77. The Bertz CT molecular complexity index is 592. The largest absolute Gasteiger partial charge is 0.352 e. The highest BCUT2D eigenvalue weighted by Gasteiger charge is 2.01. The third-order valence-corrected chi connectivity index (χ3v) is 4.03. The molecule has 1 heterocycles. The molecule has 0 aliphatic rings. The zero-order chi connectivity index (χ0) is 14.4. The van der Waals surface area contributed by atoms with Crippen LogP contribution in [0.2, 0.25) is 5.02 Å². The summed E-state index contributed by atoms with van der Waals surface area (Å²) in [4.78, 5) is 6.84. The average Bonchev–Trinajstić information content (AvgIpc) is 2.85. The Morgan fingerprint density at radius 1 is 1.20 bits per heavy atom. The number of rotatable bonds is 4. The van der Waals surface area contributed by atoms with E-state index >= 15 is 0 Å². The lowest BCUT2D eigenvalue weighted by Crippen LogP contribution is -2.36. The summed E-state index contributed by atoms with van der Waals surface area (Å²) in [5.74, 6) is 0.788. The standard InChI is InChI=1S/C15H18ClN3S/c1-11-6-7-14(20-11)10-19-15(17-2)18-9-12-4-3-5-13(16)8-12/h3-8H,9-10H2,1-2H3,(H2,17,18,19). The first-order chi connectivity index (χ1) is 9.67. The Morgan fingerprint density at radius 2 is 2.00 bits per heavy atom. The predicted molar refractivity (Wildman–Crippen MR) is 87.5 cm³/mol. The number of nitrogens with zero attached hydrogens (tertiary/aromatic N) is 1. The van der Waals surface area contributed by atoms with Gasteiger partial charge in [-0.15, -0.1) is 11.3 Å². The van der Waals surface area contributed by atoms with E-state index < -0.39 is 0 Å². The van der Waals surface area contributed by atoms with Gasteiger partial charge in [0.15, 0.2) is 5.96 Å². The van der Waals surface area contributed by atoms with E-state index in [1.54, 1.807) is 18.4 Å². The number of hydrogen-bond acceptors (Lipinski definition) is 2. The molecule has 5 heteroatoms. The Hall–Kier alpha value is -1.52. The van der Waals surface area contributed by atoms with E-state index in [2.05, 4.69) is 34.7 Å². The van der Waals surface area contributed by atoms with E-state index in [0.717, 1.165) is 23.1 Å². The number of nitrogens with one attached hydrogen (secondary N) is 2. The van der Waals surface area contributed by atoms with Crippen molar-refractivity contribution in [1.29, 1.82) is 0 Å². The van der Waals surface area contributed by atoms with Crippen molar-refractivity contribution in [2.45, 2.75) is 20.0 Å². The summed E-state index contributed by atoms with van der Waals surface area (Å²) in [5.41, 5.74) is 1.13. The first-order valence-corrected chi connectivity index (χ1v) is 7.61. The molecule has 0 spiro atoms. The van der Waals surface area contributed by atoms with Gasteiger partial charge in [-0.3, -0.25) is 4.99 Å². The van der Waals surface area contributed by atoms with E-state index in [1.165, 1.54) is 9.75 Å². The lowest BCUT2D eigenvalue weighted by atomic mass is 10.2. The highest BCUT2D eigenvalue weighted by atomic mass is 35.5. The summed E-state index contributed by atoms with van der Waals surface area (Å²) in [5, 5.41) is 7.33. The Labute approximate surface area is 128 Å². The molecule has 0 fully saturated rings. The second kappa shape index (κ2) is 7.31. The maximum Gasteiger partial charge on any atom is 0.191 e. The molecule has 3 nitrogen and oxygen atoms in total. The number of aliphatic imine (C=N–C) groups is 1. The summed E-state index contributed by atoms with van der Waals surface area (Å²) in [6, 6.07) is 12.1. The molecule has 0 atom stereocenters. The molecule has 1 aromatic heterocycles. The molecule has 1 aromatic carbocycles. The van der Waals surface area contributed by atoms with E-state index in [4.69, 9.17) is 11.6 Å². The molecule has 0 saturated heterocycles. The number of benzene rings is 1. The van der Waals surface area contributed by atoms with Crippen LogP contribution in [0.25, 0.3) is 0 Å². The maximum absolute atomic E-state index is 5.97. The quantitative estimate of drug-likeness (QED) is 0.669. The van der Waals surface area contributed by atoms with E-state index in [1.807, 2.05) is 24.3 Å². The minimum atomic E-state index is 0.698. The van der Waals surface area contributed by atoms with Crippen LogP contribution in [0, 0.1) is 6.92 Å². The average molecular weight is 308 g/mol. The fourth-order valence-corrected chi connectivity index (χ4v) is 2.85. The smallest absolute Gasteiger partial charge is 0.191 e. The molecule has 2 aromatic rings. The van der Waals surface area contributed by atoms with Crippen LogP contribution in [0.5, 0.6) is 0 Å². The second-order valence-corrected chi connectivity index (χ2v) is 6.23. The maximum atomic E-state index is 5.97. The fraction of sp³-hybridized carbons (Fsp3) is 0.267. The Morgan fingerprint density at radius 3 is 2.65 bits per heavy atom. The van der Waals surface area contributed by atoms with Crippen LogP contribution in [0.3, 0.4) is 0 Å². The van der Waals surface area contributed by atoms with E-state index in [9.17, 15) is 0 Å². The summed E-state index contributed by atoms with van der Waals surface area (Å²) in [6.45, 7) is 3.60. The van der Waals surface area contributed by atoms with Crippen LogP contribution in [0.4, 0.5) is 0 Å². The van der Waals surface area contributed by atoms with Gasteiger partial charge in [-0.2, -0.15) is 0 Å². The Balaban J connectivity index is 1.84. The molecule has 2 N–H and O–H groups in total. The molecule has 0 saturated carbocycles. The van der Waals surface area contributed by atoms with Gasteiger partial charge >= 0.3 is 0 Å². The van der Waals surface area contributed by atoms with Crippen molar-refractivity contribution < 1.29 is 0 Å². The molecule has 20 heavy (non-hydrogen) atoms. The monoisotopic (exact) mass is 307 g/mol. The third-order valence-electron chi connectivity index (χ3n) is 2.80. The molecule has 2 rings (SSSR count). The van der Waals surface area contributed by atoms with Gasteiger partial charge in [0.25, 0.3) is 0 Å². The number of aryl methyl sites for hydroxylation is 1. The second-order valence-electron chi connectivity index (χ2n) is 4.42. The van der Waals surface area contributed by atoms with Crippen LogP contribution >= 0.6 is 22.9 Å². The zero-order valence-corrected chi connectivity index (χ0v) is 13.2. The van der Waals surface area contributed by atoms with Crippen LogP contribution < -0.4 is 10.6 Å². The van der Waals surface area contributed by atoms with Crippen LogP contribution in [0.15, 0.2) is 41.4 Å². The van der Waals surface area contributed by atoms with Gasteiger partial charge in [0.1, 0.15) is 0 Å².